The largest absolute Gasteiger partial charge is 0.465 e. The molecule has 2 aromatic rings. The van der Waals surface area contributed by atoms with Gasteiger partial charge in [-0.3, -0.25) is 5.32 Å². The molecule has 0 bridgehead atoms. The predicted octanol–water partition coefficient (Wildman–Crippen LogP) is 2.58. The van der Waals surface area contributed by atoms with Crippen molar-refractivity contribution in [1.82, 2.24) is 9.78 Å². The van der Waals surface area contributed by atoms with Crippen LogP contribution < -0.4 is 5.32 Å². The summed E-state index contributed by atoms with van der Waals surface area (Å²) in [5.74, 6) is 0.431. The minimum Gasteiger partial charge on any atom is -0.465 e. The van der Waals surface area contributed by atoms with Gasteiger partial charge >= 0.3 is 6.09 Å². The number of hydrogen-bond acceptors (Lipinski definition) is 2. The van der Waals surface area contributed by atoms with Crippen molar-refractivity contribution in [2.75, 3.05) is 5.32 Å². The number of hydrogen-bond donors (Lipinski definition) is 2. The van der Waals surface area contributed by atoms with E-state index in [-0.39, 0.29) is 0 Å². The van der Waals surface area contributed by atoms with E-state index in [1.54, 1.807) is 16.9 Å². The monoisotopic (exact) mass is 231 g/mol. The lowest BCUT2D eigenvalue weighted by atomic mass is 10.1. The second-order valence-electron chi connectivity index (χ2n) is 3.83. The molecular weight excluding hydrogens is 218 g/mol. The maximum Gasteiger partial charge on any atom is 0.410 e. The highest BCUT2D eigenvalue weighted by Crippen LogP contribution is 2.17. The molecule has 0 aliphatic heterocycles. The van der Waals surface area contributed by atoms with Crippen LogP contribution in [0.25, 0.3) is 5.69 Å². The summed E-state index contributed by atoms with van der Waals surface area (Å²) < 4.78 is 1.56. The average Bonchev–Trinajstić information content (AvgIpc) is 2.69. The third kappa shape index (κ3) is 2.28. The minimum absolute atomic E-state index is 0.431. The molecule has 0 saturated carbocycles. The molecule has 0 atom stereocenters. The Bertz CT molecular complexity index is 561. The summed E-state index contributed by atoms with van der Waals surface area (Å²) in [5, 5.41) is 15.1. The van der Waals surface area contributed by atoms with E-state index >= 15 is 0 Å². The Kier molecular flexibility index (Phi) is 2.82. The molecule has 0 fully saturated rings. The average molecular weight is 231 g/mol. The van der Waals surface area contributed by atoms with Crippen LogP contribution in [-0.4, -0.2) is 21.0 Å². The summed E-state index contributed by atoms with van der Waals surface area (Å²) in [6, 6.07) is 7.47. The highest BCUT2D eigenvalue weighted by atomic mass is 16.4. The SMILES string of the molecule is Cc1ccc(-n2nccc2NC(=O)O)cc1C. The van der Waals surface area contributed by atoms with Crippen molar-refractivity contribution in [3.63, 3.8) is 0 Å². The van der Waals surface area contributed by atoms with Crippen molar-refractivity contribution in [3.8, 4) is 5.69 Å². The topological polar surface area (TPSA) is 67.2 Å². The van der Waals surface area contributed by atoms with Gasteiger partial charge in [0.15, 0.2) is 0 Å². The molecule has 0 aliphatic rings. The van der Waals surface area contributed by atoms with E-state index in [0.717, 1.165) is 11.3 Å². The van der Waals surface area contributed by atoms with Crippen LogP contribution in [0.3, 0.4) is 0 Å². The van der Waals surface area contributed by atoms with E-state index in [1.807, 2.05) is 32.0 Å². The van der Waals surface area contributed by atoms with Crippen LogP contribution in [0.4, 0.5) is 10.6 Å². The molecule has 17 heavy (non-hydrogen) atoms. The Labute approximate surface area is 98.7 Å². The normalized spacial score (nSPS) is 10.2. The molecule has 5 heteroatoms. The highest BCUT2D eigenvalue weighted by Gasteiger charge is 2.07. The number of carbonyl (C=O) groups is 1. The molecule has 1 aromatic carbocycles. The summed E-state index contributed by atoms with van der Waals surface area (Å²) >= 11 is 0. The fourth-order valence-electron chi connectivity index (χ4n) is 1.57. The van der Waals surface area contributed by atoms with Gasteiger partial charge in [0.25, 0.3) is 0 Å². The minimum atomic E-state index is -1.10. The number of nitrogens with zero attached hydrogens (tertiary/aromatic N) is 2. The zero-order valence-corrected chi connectivity index (χ0v) is 9.64. The number of aryl methyl sites for hydroxylation is 2. The van der Waals surface area contributed by atoms with Crippen molar-refractivity contribution >= 4 is 11.9 Å². The molecule has 1 aromatic heterocycles. The zero-order valence-electron chi connectivity index (χ0n) is 9.64. The smallest absolute Gasteiger partial charge is 0.410 e. The number of benzene rings is 1. The Morgan fingerprint density at radius 3 is 2.71 bits per heavy atom. The molecule has 2 rings (SSSR count). The second kappa shape index (κ2) is 4.29. The fraction of sp³-hybridized carbons (Fsp3) is 0.167. The Morgan fingerprint density at radius 2 is 2.06 bits per heavy atom. The molecule has 5 nitrogen and oxygen atoms in total. The molecule has 88 valence electrons. The first kappa shape index (κ1) is 11.2. The van der Waals surface area contributed by atoms with E-state index in [4.69, 9.17) is 5.11 Å². The molecule has 2 N–H and O–H groups in total. The number of nitrogens with one attached hydrogen (secondary N) is 1. The molecule has 1 heterocycles. The van der Waals surface area contributed by atoms with Gasteiger partial charge in [-0.25, -0.2) is 9.48 Å². The van der Waals surface area contributed by atoms with Crippen LogP contribution in [0.15, 0.2) is 30.5 Å². The van der Waals surface area contributed by atoms with Crippen molar-refractivity contribution in [1.29, 1.82) is 0 Å². The Morgan fingerprint density at radius 1 is 1.29 bits per heavy atom. The lowest BCUT2D eigenvalue weighted by molar-refractivity contribution is 0.209. The van der Waals surface area contributed by atoms with Crippen LogP contribution in [0.2, 0.25) is 0 Å². The third-order valence-electron chi connectivity index (χ3n) is 2.61. The number of amides is 1. The molecule has 0 radical (unpaired) electrons. The van der Waals surface area contributed by atoms with Crippen LogP contribution in [-0.2, 0) is 0 Å². The lowest BCUT2D eigenvalue weighted by Gasteiger charge is -2.08. The Balaban J connectivity index is 2.42. The molecule has 0 aliphatic carbocycles. The maximum atomic E-state index is 10.6. The molecule has 1 amide bonds. The summed E-state index contributed by atoms with van der Waals surface area (Å²) in [4.78, 5) is 10.6. The van der Waals surface area contributed by atoms with Crippen LogP contribution >= 0.6 is 0 Å². The van der Waals surface area contributed by atoms with Gasteiger partial charge in [0, 0.05) is 6.07 Å². The van der Waals surface area contributed by atoms with Crippen LogP contribution in [0.5, 0.6) is 0 Å². The third-order valence-corrected chi connectivity index (χ3v) is 2.61. The van der Waals surface area contributed by atoms with Crippen molar-refractivity contribution in [2.24, 2.45) is 0 Å². The molecule has 0 unspecified atom stereocenters. The van der Waals surface area contributed by atoms with Gasteiger partial charge in [-0.05, 0) is 37.1 Å². The maximum absolute atomic E-state index is 10.6. The van der Waals surface area contributed by atoms with Crippen molar-refractivity contribution in [3.05, 3.63) is 41.6 Å². The van der Waals surface area contributed by atoms with Gasteiger partial charge in [-0.1, -0.05) is 6.07 Å². The van der Waals surface area contributed by atoms with Crippen LogP contribution in [0, 0.1) is 13.8 Å². The number of carboxylic acid groups (broad SMARTS) is 1. The molecule has 0 saturated heterocycles. The summed E-state index contributed by atoms with van der Waals surface area (Å²) in [6.45, 7) is 4.03. The van der Waals surface area contributed by atoms with E-state index in [9.17, 15) is 4.79 Å². The number of anilines is 1. The van der Waals surface area contributed by atoms with Crippen molar-refractivity contribution < 1.29 is 9.90 Å². The standard InChI is InChI=1S/C12H13N3O2/c1-8-3-4-10(7-9(8)2)15-11(5-6-13-15)14-12(16)17/h3-7,14H,1-2H3,(H,16,17). The van der Waals surface area contributed by atoms with E-state index in [0.29, 0.717) is 5.82 Å². The lowest BCUT2D eigenvalue weighted by Crippen LogP contribution is -2.12. The number of rotatable bonds is 2. The van der Waals surface area contributed by atoms with E-state index in [1.165, 1.54) is 5.56 Å². The van der Waals surface area contributed by atoms with Crippen molar-refractivity contribution in [2.45, 2.75) is 13.8 Å². The summed E-state index contributed by atoms with van der Waals surface area (Å²) in [6.07, 6.45) is 0.455. The predicted molar refractivity (Wildman–Crippen MR) is 64.7 cm³/mol. The fourth-order valence-corrected chi connectivity index (χ4v) is 1.57. The van der Waals surface area contributed by atoms with Gasteiger partial charge in [0.2, 0.25) is 0 Å². The Hall–Kier alpha value is -2.30. The quantitative estimate of drug-likeness (QED) is 0.834. The zero-order chi connectivity index (χ0) is 12.4. The summed E-state index contributed by atoms with van der Waals surface area (Å²) in [7, 11) is 0. The van der Waals surface area contributed by atoms with Gasteiger partial charge in [0.05, 0.1) is 11.9 Å². The molecule has 0 spiro atoms. The van der Waals surface area contributed by atoms with Crippen LogP contribution in [0.1, 0.15) is 11.1 Å². The first-order valence-corrected chi connectivity index (χ1v) is 5.19. The summed E-state index contributed by atoms with van der Waals surface area (Å²) in [5.41, 5.74) is 3.16. The van der Waals surface area contributed by atoms with Gasteiger partial charge in [0.1, 0.15) is 5.82 Å². The number of aromatic nitrogens is 2. The first-order chi connectivity index (χ1) is 8.08. The van der Waals surface area contributed by atoms with E-state index < -0.39 is 6.09 Å². The van der Waals surface area contributed by atoms with Gasteiger partial charge in [-0.2, -0.15) is 5.10 Å². The molecular formula is C12H13N3O2. The highest BCUT2D eigenvalue weighted by molar-refractivity contribution is 5.81. The first-order valence-electron chi connectivity index (χ1n) is 5.19. The second-order valence-corrected chi connectivity index (χ2v) is 3.83. The van der Waals surface area contributed by atoms with Gasteiger partial charge < -0.3 is 5.11 Å². The van der Waals surface area contributed by atoms with E-state index in [2.05, 4.69) is 10.4 Å². The van der Waals surface area contributed by atoms with Gasteiger partial charge in [-0.15, -0.1) is 0 Å².